The number of amides is 1. The molecule has 9 heteroatoms. The molecule has 0 aliphatic heterocycles. The van der Waals surface area contributed by atoms with Crippen molar-refractivity contribution in [2.45, 2.75) is 424 Å². The fourth-order valence-corrected chi connectivity index (χ4v) is 13.0. The molecular weight excluding hydrogens is 1100 g/mol. The van der Waals surface area contributed by atoms with Gasteiger partial charge in [0.2, 0.25) is 5.91 Å². The molecule has 0 saturated carbocycles. The van der Waals surface area contributed by atoms with Crippen LogP contribution in [0.4, 0.5) is 0 Å². The third-order valence-electron chi connectivity index (χ3n) is 18.4. The quantitative estimate of drug-likeness (QED) is 0.0243. The van der Waals surface area contributed by atoms with E-state index in [9.17, 15) is 19.4 Å². The van der Waals surface area contributed by atoms with E-state index in [4.69, 9.17) is 9.05 Å². The van der Waals surface area contributed by atoms with Gasteiger partial charge in [0.1, 0.15) is 13.2 Å². The molecule has 0 aromatic heterocycles. The molecule has 1 amide bonds. The van der Waals surface area contributed by atoms with Crippen molar-refractivity contribution in [1.82, 2.24) is 5.32 Å². The van der Waals surface area contributed by atoms with Gasteiger partial charge in [-0.2, -0.15) is 0 Å². The number of nitrogens with one attached hydrogen (secondary N) is 1. The van der Waals surface area contributed by atoms with Crippen LogP contribution < -0.4 is 5.32 Å². The first-order chi connectivity index (χ1) is 43.0. The van der Waals surface area contributed by atoms with Crippen LogP contribution in [0.5, 0.6) is 0 Å². The fraction of sp³-hybridized carbons (Fsp3) is 0.911. The molecular formula is C79H156N2O6P+. The third kappa shape index (κ3) is 72.2. The first-order valence-electron chi connectivity index (χ1n) is 39.4. The summed E-state index contributed by atoms with van der Waals surface area (Å²) < 4.78 is 24.0. The number of rotatable bonds is 74. The number of phosphoric ester groups is 1. The Kier molecular flexibility index (Phi) is 69.0. The van der Waals surface area contributed by atoms with Crippen molar-refractivity contribution in [1.29, 1.82) is 0 Å². The summed E-state index contributed by atoms with van der Waals surface area (Å²) in [6.45, 7) is 4.94. The average Bonchev–Trinajstić information content (AvgIpc) is 3.70. The predicted octanol–water partition coefficient (Wildman–Crippen LogP) is 25.6. The van der Waals surface area contributed by atoms with Crippen LogP contribution in [-0.4, -0.2) is 73.4 Å². The Hall–Kier alpha value is -1.28. The van der Waals surface area contributed by atoms with Crippen molar-refractivity contribution in [2.75, 3.05) is 40.9 Å². The summed E-state index contributed by atoms with van der Waals surface area (Å²) in [5.41, 5.74) is 0. The number of quaternary nitrogens is 1. The van der Waals surface area contributed by atoms with Gasteiger partial charge in [-0.15, -0.1) is 0 Å². The molecule has 0 aromatic carbocycles. The first kappa shape index (κ1) is 86.7. The topological polar surface area (TPSA) is 105 Å². The van der Waals surface area contributed by atoms with Gasteiger partial charge in [-0.25, -0.2) is 4.57 Å². The van der Waals surface area contributed by atoms with Gasteiger partial charge in [0.05, 0.1) is 39.9 Å². The van der Waals surface area contributed by atoms with Crippen molar-refractivity contribution in [3.63, 3.8) is 0 Å². The Morgan fingerprint density at radius 2 is 0.648 bits per heavy atom. The van der Waals surface area contributed by atoms with Crippen LogP contribution in [0, 0.1) is 0 Å². The van der Waals surface area contributed by atoms with E-state index in [2.05, 4.69) is 55.6 Å². The summed E-state index contributed by atoms with van der Waals surface area (Å²) in [6, 6.07) is -0.760. The lowest BCUT2D eigenvalue weighted by Crippen LogP contribution is -2.46. The molecule has 0 heterocycles. The zero-order chi connectivity index (χ0) is 64.1. The Morgan fingerprint density at radius 1 is 0.386 bits per heavy atom. The minimum absolute atomic E-state index is 0.0776. The van der Waals surface area contributed by atoms with E-state index < -0.39 is 20.0 Å². The summed E-state index contributed by atoms with van der Waals surface area (Å²) in [5.74, 6) is -0.134. The SMILES string of the molecule is CCCCCCC/C=C\C/C=C\C/C=C\CCCCCCCCCCCCCCCCCCCCCCCCCCC(=O)NC(COP(=O)(O)OCC[N+](C)(C)C)C(O)CCCCCCCCCCCCCCCCCCCCCCCCCCCCC. The average molecular weight is 1260 g/mol. The van der Waals surface area contributed by atoms with Crippen LogP contribution in [0.3, 0.4) is 0 Å². The van der Waals surface area contributed by atoms with Crippen LogP contribution in [0.15, 0.2) is 36.5 Å². The molecule has 0 radical (unpaired) electrons. The number of phosphoric acid groups is 1. The van der Waals surface area contributed by atoms with Gasteiger partial charge in [-0.05, 0) is 51.4 Å². The van der Waals surface area contributed by atoms with Crippen LogP contribution in [0.25, 0.3) is 0 Å². The largest absolute Gasteiger partial charge is 0.472 e. The summed E-state index contributed by atoms with van der Waals surface area (Å²) >= 11 is 0. The normalized spacial score (nSPS) is 13.7. The van der Waals surface area contributed by atoms with Crippen molar-refractivity contribution in [2.24, 2.45) is 0 Å². The lowest BCUT2D eigenvalue weighted by molar-refractivity contribution is -0.870. The van der Waals surface area contributed by atoms with E-state index in [1.807, 2.05) is 21.1 Å². The number of hydrogen-bond donors (Lipinski definition) is 3. The number of hydrogen-bond acceptors (Lipinski definition) is 5. The molecule has 0 saturated heterocycles. The number of carbonyl (C=O) groups excluding carboxylic acids is 1. The van der Waals surface area contributed by atoms with Gasteiger partial charge in [-0.3, -0.25) is 13.8 Å². The molecule has 522 valence electrons. The summed E-state index contributed by atoms with van der Waals surface area (Å²) in [7, 11) is 1.64. The molecule has 0 aromatic rings. The van der Waals surface area contributed by atoms with Gasteiger partial charge in [0.25, 0.3) is 0 Å². The van der Waals surface area contributed by atoms with Gasteiger partial charge in [0, 0.05) is 6.42 Å². The first-order valence-corrected chi connectivity index (χ1v) is 40.8. The maximum atomic E-state index is 13.1. The number of nitrogens with zero attached hydrogens (tertiary/aromatic N) is 1. The number of likely N-dealkylation sites (N-methyl/N-ethyl adjacent to an activating group) is 1. The molecule has 8 nitrogen and oxygen atoms in total. The smallest absolute Gasteiger partial charge is 0.391 e. The van der Waals surface area contributed by atoms with Crippen LogP contribution in [0.2, 0.25) is 0 Å². The maximum Gasteiger partial charge on any atom is 0.472 e. The third-order valence-corrected chi connectivity index (χ3v) is 19.4. The maximum absolute atomic E-state index is 13.1. The fourth-order valence-electron chi connectivity index (χ4n) is 12.3. The van der Waals surface area contributed by atoms with Crippen molar-refractivity contribution >= 4 is 13.7 Å². The molecule has 3 unspecified atom stereocenters. The molecule has 0 bridgehead atoms. The Labute approximate surface area is 550 Å². The molecule has 0 rings (SSSR count). The number of unbranched alkanes of at least 4 members (excludes halogenated alkanes) is 55. The van der Waals surface area contributed by atoms with E-state index in [-0.39, 0.29) is 19.1 Å². The molecule has 88 heavy (non-hydrogen) atoms. The molecule has 3 atom stereocenters. The zero-order valence-electron chi connectivity index (χ0n) is 60.0. The number of allylic oxidation sites excluding steroid dienone is 6. The summed E-state index contributed by atoms with van der Waals surface area (Å²) in [5, 5.41) is 14.2. The lowest BCUT2D eigenvalue weighted by Gasteiger charge is -2.26. The predicted molar refractivity (Wildman–Crippen MR) is 388 cm³/mol. The molecule has 3 N–H and O–H groups in total. The second-order valence-corrected chi connectivity index (χ2v) is 29.9. The van der Waals surface area contributed by atoms with E-state index in [0.29, 0.717) is 23.9 Å². The molecule has 0 fully saturated rings. The highest BCUT2D eigenvalue weighted by Crippen LogP contribution is 2.43. The van der Waals surface area contributed by atoms with Crippen molar-refractivity contribution in [3.8, 4) is 0 Å². The van der Waals surface area contributed by atoms with E-state index in [1.54, 1.807) is 0 Å². The number of carbonyl (C=O) groups is 1. The van der Waals surface area contributed by atoms with Gasteiger partial charge < -0.3 is 19.8 Å². The van der Waals surface area contributed by atoms with Gasteiger partial charge in [-0.1, -0.05) is 391 Å². The minimum atomic E-state index is -4.33. The van der Waals surface area contributed by atoms with Crippen LogP contribution >= 0.6 is 7.82 Å². The van der Waals surface area contributed by atoms with Crippen LogP contribution in [0.1, 0.15) is 412 Å². The highest BCUT2D eigenvalue weighted by atomic mass is 31.2. The second-order valence-electron chi connectivity index (χ2n) is 28.4. The van der Waals surface area contributed by atoms with E-state index >= 15 is 0 Å². The Morgan fingerprint density at radius 3 is 0.943 bits per heavy atom. The van der Waals surface area contributed by atoms with Crippen LogP contribution in [-0.2, 0) is 18.4 Å². The van der Waals surface area contributed by atoms with E-state index in [0.717, 1.165) is 51.4 Å². The molecule has 0 aliphatic rings. The number of aliphatic hydroxyl groups excluding tert-OH is 1. The Bertz CT molecular complexity index is 1530. The molecule has 0 spiro atoms. The Balaban J connectivity index is 3.90. The van der Waals surface area contributed by atoms with Gasteiger partial charge in [0.15, 0.2) is 0 Å². The van der Waals surface area contributed by atoms with Crippen molar-refractivity contribution in [3.05, 3.63) is 36.5 Å². The van der Waals surface area contributed by atoms with E-state index in [1.165, 1.54) is 334 Å². The lowest BCUT2D eigenvalue weighted by atomic mass is 10.0. The van der Waals surface area contributed by atoms with Gasteiger partial charge >= 0.3 is 7.82 Å². The summed E-state index contributed by atoms with van der Waals surface area (Å²) in [4.78, 5) is 23.5. The standard InChI is InChI=1S/C79H155N2O6P/c1-6-8-10-12-14-16-18-20-22-24-26-28-30-32-34-35-36-37-38-39-40-41-42-43-44-45-47-49-51-53-55-57-59-61-63-65-67-69-71-73-79(83)80-77(76-87-88(84,85)86-75-74-81(3,4)5)78(82)72-70-68-66-64-62-60-58-56-54-52-50-48-46-33-31-29-27-25-23-21-19-17-15-13-11-9-7-2/h18,20,24,26,30,32,77-78,82H,6-17,19,21-23,25,27-29,31,33-76H2,1-5H3,(H-,80,83,84,85)/p+1/b20-18-,26-24-,32-30-. The minimum Gasteiger partial charge on any atom is -0.391 e. The zero-order valence-corrected chi connectivity index (χ0v) is 60.9. The number of aliphatic hydroxyl groups is 1. The summed E-state index contributed by atoms with van der Waals surface area (Å²) in [6.07, 6.45) is 94.3. The highest BCUT2D eigenvalue weighted by molar-refractivity contribution is 7.47. The monoisotopic (exact) mass is 1260 g/mol. The second kappa shape index (κ2) is 70.0. The highest BCUT2D eigenvalue weighted by Gasteiger charge is 2.28. The molecule has 0 aliphatic carbocycles. The van der Waals surface area contributed by atoms with Crippen molar-refractivity contribution < 1.29 is 32.9 Å².